The molecule has 0 spiro atoms. The number of carbonyl (C=O) groups excluding carboxylic acids is 2. The Kier molecular flexibility index (Phi) is 3.62. The summed E-state index contributed by atoms with van der Waals surface area (Å²) < 4.78 is 18.3. The third-order valence-electron chi connectivity index (χ3n) is 2.86. The van der Waals surface area contributed by atoms with Crippen molar-refractivity contribution in [2.45, 2.75) is 0 Å². The molecule has 0 fully saturated rings. The van der Waals surface area contributed by atoms with Crippen LogP contribution in [0.15, 0.2) is 22.8 Å². The number of primary amides is 1. The van der Waals surface area contributed by atoms with Gasteiger partial charge in [0.1, 0.15) is 5.70 Å². The number of hydrogen-bond acceptors (Lipinski definition) is 5. The number of amidine groups is 1. The number of ether oxygens (including phenoxy) is 1. The highest BCUT2D eigenvalue weighted by Crippen LogP contribution is 2.31. The minimum atomic E-state index is -0.904. The molecule has 1 aromatic carbocycles. The van der Waals surface area contributed by atoms with Crippen LogP contribution in [-0.2, 0) is 9.59 Å². The van der Waals surface area contributed by atoms with Gasteiger partial charge in [-0.1, -0.05) is 0 Å². The highest BCUT2D eigenvalue weighted by atomic mass is 19.1. The number of carbonyl (C=O) groups is 2. The van der Waals surface area contributed by atoms with Crippen LogP contribution in [0.3, 0.4) is 0 Å². The van der Waals surface area contributed by atoms with Gasteiger partial charge in [0, 0.05) is 7.05 Å². The number of benzene rings is 1. The molecule has 0 bridgehead atoms. The molecule has 0 unspecified atom stereocenters. The number of nitrogens with two attached hydrogens (primary N) is 1. The molecule has 110 valence electrons. The third kappa shape index (κ3) is 2.55. The Balaban J connectivity index is 2.47. The van der Waals surface area contributed by atoms with Crippen LogP contribution in [0, 0.1) is 5.82 Å². The highest BCUT2D eigenvalue weighted by molar-refractivity contribution is 6.43. The number of aliphatic imine (C=N–C) groups is 1. The van der Waals surface area contributed by atoms with Crippen LogP contribution < -0.4 is 10.5 Å². The molecule has 0 aromatic heterocycles. The van der Waals surface area contributed by atoms with Crippen molar-refractivity contribution < 1.29 is 23.8 Å². The number of likely N-dealkylation sites (N-methyl/N-ethyl adjacent to an activating group) is 1. The summed E-state index contributed by atoms with van der Waals surface area (Å²) in [5, 5.41) is 9.41. The number of aromatic hydroxyl groups is 1. The zero-order chi connectivity index (χ0) is 15.7. The van der Waals surface area contributed by atoms with Gasteiger partial charge in [-0.05, 0) is 23.8 Å². The lowest BCUT2D eigenvalue weighted by molar-refractivity contribution is -0.123. The number of methoxy groups -OCH3 is 1. The van der Waals surface area contributed by atoms with Crippen molar-refractivity contribution in [3.05, 3.63) is 29.2 Å². The lowest BCUT2D eigenvalue weighted by atomic mass is 10.1. The minimum absolute atomic E-state index is 0.0709. The maximum Gasteiger partial charge on any atom is 0.284 e. The van der Waals surface area contributed by atoms with Crippen molar-refractivity contribution >= 4 is 23.7 Å². The number of halogens is 1. The van der Waals surface area contributed by atoms with E-state index >= 15 is 0 Å². The van der Waals surface area contributed by atoms with Gasteiger partial charge < -0.3 is 15.6 Å². The van der Waals surface area contributed by atoms with Crippen molar-refractivity contribution in [2.75, 3.05) is 14.2 Å². The summed E-state index contributed by atoms with van der Waals surface area (Å²) in [5.41, 5.74) is 5.26. The maximum atomic E-state index is 13.5. The Morgan fingerprint density at radius 3 is 2.71 bits per heavy atom. The summed E-state index contributed by atoms with van der Waals surface area (Å²) in [7, 11) is 2.62. The first-order chi connectivity index (χ1) is 9.85. The van der Waals surface area contributed by atoms with Gasteiger partial charge in [0.2, 0.25) is 5.84 Å². The summed E-state index contributed by atoms with van der Waals surface area (Å²) in [6.45, 7) is 0. The zero-order valence-corrected chi connectivity index (χ0v) is 11.3. The van der Waals surface area contributed by atoms with Gasteiger partial charge in [-0.25, -0.2) is 9.38 Å². The van der Waals surface area contributed by atoms with Crippen LogP contribution in [-0.4, -0.2) is 41.8 Å². The van der Waals surface area contributed by atoms with Crippen molar-refractivity contribution in [3.8, 4) is 11.5 Å². The number of rotatable bonds is 3. The first kappa shape index (κ1) is 14.5. The standard InChI is InChI=1S/C13H12FN3O4/c1-17-12(11(15)19)16-8(13(17)20)4-6-3-7(14)10(18)9(5-6)21-2/h3-5,18H,1-2H3,(H2,15,19). The molecule has 7 nitrogen and oxygen atoms in total. The number of hydrogen-bond donors (Lipinski definition) is 2. The summed E-state index contributed by atoms with van der Waals surface area (Å²) in [6, 6.07) is 2.34. The Morgan fingerprint density at radius 1 is 1.52 bits per heavy atom. The number of amides is 2. The van der Waals surface area contributed by atoms with E-state index < -0.39 is 23.4 Å². The predicted octanol–water partition coefficient (Wildman–Crippen LogP) is 0.237. The summed E-state index contributed by atoms with van der Waals surface area (Å²) >= 11 is 0. The molecular formula is C13H12FN3O4. The molecule has 0 saturated carbocycles. The lowest BCUT2D eigenvalue weighted by Gasteiger charge is -2.07. The van der Waals surface area contributed by atoms with Crippen LogP contribution >= 0.6 is 0 Å². The molecule has 0 saturated heterocycles. The highest BCUT2D eigenvalue weighted by Gasteiger charge is 2.30. The zero-order valence-electron chi connectivity index (χ0n) is 11.3. The summed E-state index contributed by atoms with van der Waals surface area (Å²) in [5.74, 6) is -3.20. The first-order valence-electron chi connectivity index (χ1n) is 5.80. The first-order valence-corrected chi connectivity index (χ1v) is 5.80. The fourth-order valence-corrected chi connectivity index (χ4v) is 1.81. The molecule has 2 rings (SSSR count). The van der Waals surface area contributed by atoms with Gasteiger partial charge in [-0.15, -0.1) is 0 Å². The second-order valence-corrected chi connectivity index (χ2v) is 4.25. The number of phenols is 1. The average Bonchev–Trinajstić information content (AvgIpc) is 2.71. The fourth-order valence-electron chi connectivity index (χ4n) is 1.81. The number of phenolic OH excluding ortho intramolecular Hbond substituents is 1. The van der Waals surface area contributed by atoms with Crippen LogP contribution in [0.1, 0.15) is 5.56 Å². The van der Waals surface area contributed by atoms with E-state index in [1.165, 1.54) is 26.3 Å². The smallest absolute Gasteiger partial charge is 0.284 e. The van der Waals surface area contributed by atoms with E-state index in [-0.39, 0.29) is 22.8 Å². The molecule has 1 aliphatic rings. The molecule has 0 aliphatic carbocycles. The van der Waals surface area contributed by atoms with Gasteiger partial charge in [-0.3, -0.25) is 14.5 Å². The summed E-state index contributed by atoms with van der Waals surface area (Å²) in [4.78, 5) is 27.8. The molecule has 21 heavy (non-hydrogen) atoms. The SMILES string of the molecule is COc1cc(C=C2N=C(C(N)=O)N(C)C2=O)cc(F)c1O. The van der Waals surface area contributed by atoms with Crippen molar-refractivity contribution in [2.24, 2.45) is 10.7 Å². The number of nitrogens with zero attached hydrogens (tertiary/aromatic N) is 2. The monoisotopic (exact) mass is 293 g/mol. The van der Waals surface area contributed by atoms with E-state index in [9.17, 15) is 19.1 Å². The molecule has 2 amide bonds. The van der Waals surface area contributed by atoms with E-state index in [2.05, 4.69) is 4.99 Å². The van der Waals surface area contributed by atoms with E-state index in [4.69, 9.17) is 10.5 Å². The minimum Gasteiger partial charge on any atom is -0.502 e. The largest absolute Gasteiger partial charge is 0.502 e. The molecule has 1 heterocycles. The van der Waals surface area contributed by atoms with E-state index in [0.29, 0.717) is 0 Å². The van der Waals surface area contributed by atoms with Crippen LogP contribution in [0.4, 0.5) is 4.39 Å². The molecule has 0 radical (unpaired) electrons. The molecule has 1 aromatic rings. The molecule has 1 aliphatic heterocycles. The normalized spacial score (nSPS) is 16.3. The van der Waals surface area contributed by atoms with Crippen molar-refractivity contribution in [3.63, 3.8) is 0 Å². The van der Waals surface area contributed by atoms with E-state index in [0.717, 1.165) is 11.0 Å². The summed E-state index contributed by atoms with van der Waals surface area (Å²) in [6.07, 6.45) is 1.26. The Labute approximate surface area is 119 Å². The van der Waals surface area contributed by atoms with Gasteiger partial charge in [-0.2, -0.15) is 0 Å². The van der Waals surface area contributed by atoms with Crippen LogP contribution in [0.2, 0.25) is 0 Å². The topological polar surface area (TPSA) is 105 Å². The Hall–Kier alpha value is -2.90. The Bertz CT molecular complexity index is 697. The Morgan fingerprint density at radius 2 is 2.19 bits per heavy atom. The van der Waals surface area contributed by atoms with Crippen LogP contribution in [0.5, 0.6) is 11.5 Å². The van der Waals surface area contributed by atoms with Gasteiger partial charge in [0.25, 0.3) is 11.8 Å². The van der Waals surface area contributed by atoms with E-state index in [1.807, 2.05) is 0 Å². The lowest BCUT2D eigenvalue weighted by Crippen LogP contribution is -2.37. The average molecular weight is 293 g/mol. The molecule has 0 atom stereocenters. The second-order valence-electron chi connectivity index (χ2n) is 4.25. The molecular weight excluding hydrogens is 281 g/mol. The second kappa shape index (κ2) is 5.23. The van der Waals surface area contributed by atoms with Crippen molar-refractivity contribution in [1.82, 2.24) is 4.90 Å². The van der Waals surface area contributed by atoms with Gasteiger partial charge in [0.05, 0.1) is 7.11 Å². The van der Waals surface area contributed by atoms with Gasteiger partial charge >= 0.3 is 0 Å². The van der Waals surface area contributed by atoms with Crippen molar-refractivity contribution in [1.29, 1.82) is 0 Å². The molecule has 8 heteroatoms. The van der Waals surface area contributed by atoms with Gasteiger partial charge in [0.15, 0.2) is 17.3 Å². The fraction of sp³-hybridized carbons (Fsp3) is 0.154. The third-order valence-corrected chi connectivity index (χ3v) is 2.86. The maximum absolute atomic E-state index is 13.5. The predicted molar refractivity (Wildman–Crippen MR) is 72.0 cm³/mol. The van der Waals surface area contributed by atoms with E-state index in [1.54, 1.807) is 0 Å². The quantitative estimate of drug-likeness (QED) is 0.778. The van der Waals surface area contributed by atoms with Crippen LogP contribution in [0.25, 0.3) is 6.08 Å². The molecule has 3 N–H and O–H groups in total.